The molecule has 4 nitrogen and oxygen atoms in total. The van der Waals surface area contributed by atoms with Crippen LogP contribution in [0.2, 0.25) is 0 Å². The maximum atomic E-state index is 13.8. The predicted molar refractivity (Wildman–Crippen MR) is 76.3 cm³/mol. The smallest absolute Gasteiger partial charge is 0.243 e. The molecule has 0 saturated carbocycles. The van der Waals surface area contributed by atoms with Gasteiger partial charge in [-0.15, -0.1) is 0 Å². The normalized spacial score (nSPS) is 12.4. The summed E-state index contributed by atoms with van der Waals surface area (Å²) in [6.07, 6.45) is 0. The molecule has 20 heavy (non-hydrogen) atoms. The zero-order valence-electron chi connectivity index (χ0n) is 12.4. The lowest BCUT2D eigenvalue weighted by molar-refractivity contribution is 0.280. The third kappa shape index (κ3) is 3.56. The van der Waals surface area contributed by atoms with Gasteiger partial charge in [-0.1, -0.05) is 20.8 Å². The second-order valence-corrected chi connectivity index (χ2v) is 7.11. The Bertz CT molecular complexity index is 570. The second kappa shape index (κ2) is 6.65. The number of rotatable bonds is 6. The molecule has 0 heterocycles. The quantitative estimate of drug-likeness (QED) is 0.877. The van der Waals surface area contributed by atoms with Crippen molar-refractivity contribution in [2.45, 2.75) is 39.2 Å². The van der Waals surface area contributed by atoms with Crippen LogP contribution in [-0.4, -0.2) is 30.9 Å². The van der Waals surface area contributed by atoms with Crippen molar-refractivity contribution < 1.29 is 17.9 Å². The molecule has 0 aliphatic carbocycles. The summed E-state index contributed by atoms with van der Waals surface area (Å²) in [5.74, 6) is -0.438. The van der Waals surface area contributed by atoms with E-state index in [4.69, 9.17) is 5.11 Å². The van der Waals surface area contributed by atoms with Crippen molar-refractivity contribution in [2.24, 2.45) is 5.92 Å². The van der Waals surface area contributed by atoms with Crippen molar-refractivity contribution in [3.05, 3.63) is 29.1 Å². The van der Waals surface area contributed by atoms with Crippen molar-refractivity contribution in [2.75, 3.05) is 13.1 Å². The van der Waals surface area contributed by atoms with E-state index in [9.17, 15) is 12.8 Å². The molecule has 0 aliphatic rings. The molecule has 0 aromatic heterocycles. The average molecular weight is 303 g/mol. The number of sulfonamides is 1. The standard InChI is InChI=1S/C14H22FNO3S/c1-5-16(8-10(2)3)20(18,19)14-7-12(9-17)6-13(15)11(14)4/h6-7,10,17H,5,8-9H2,1-4H3. The maximum Gasteiger partial charge on any atom is 0.243 e. The van der Waals surface area contributed by atoms with Gasteiger partial charge in [0.1, 0.15) is 5.82 Å². The van der Waals surface area contributed by atoms with Gasteiger partial charge in [-0.05, 0) is 30.5 Å². The van der Waals surface area contributed by atoms with Crippen LogP contribution < -0.4 is 0 Å². The van der Waals surface area contributed by atoms with Crippen LogP contribution in [0.15, 0.2) is 17.0 Å². The molecule has 0 bridgehead atoms. The summed E-state index contributed by atoms with van der Waals surface area (Å²) in [7, 11) is -3.75. The Hall–Kier alpha value is -0.980. The Labute approximate surface area is 120 Å². The summed E-state index contributed by atoms with van der Waals surface area (Å²) in [5.41, 5.74) is 0.344. The van der Waals surface area contributed by atoms with E-state index in [-0.39, 0.29) is 21.9 Å². The van der Waals surface area contributed by atoms with Gasteiger partial charge in [0.05, 0.1) is 11.5 Å². The lowest BCUT2D eigenvalue weighted by Crippen LogP contribution is -2.34. The third-order valence-corrected chi connectivity index (χ3v) is 5.15. The number of aliphatic hydroxyl groups excluding tert-OH is 1. The van der Waals surface area contributed by atoms with E-state index in [0.717, 1.165) is 6.07 Å². The number of halogens is 1. The summed E-state index contributed by atoms with van der Waals surface area (Å²) in [4.78, 5) is -0.0657. The van der Waals surface area contributed by atoms with Crippen LogP contribution >= 0.6 is 0 Å². The summed E-state index contributed by atoms with van der Waals surface area (Å²) < 4.78 is 40.4. The molecule has 0 radical (unpaired) electrons. The minimum absolute atomic E-state index is 0.0657. The monoisotopic (exact) mass is 303 g/mol. The van der Waals surface area contributed by atoms with Gasteiger partial charge in [0.2, 0.25) is 10.0 Å². The number of hydrogen-bond acceptors (Lipinski definition) is 3. The lowest BCUT2D eigenvalue weighted by Gasteiger charge is -2.23. The third-order valence-electron chi connectivity index (χ3n) is 3.08. The Morgan fingerprint density at radius 1 is 1.35 bits per heavy atom. The van der Waals surface area contributed by atoms with Crippen molar-refractivity contribution in [3.8, 4) is 0 Å². The molecule has 0 aliphatic heterocycles. The highest BCUT2D eigenvalue weighted by Gasteiger charge is 2.27. The minimum Gasteiger partial charge on any atom is -0.392 e. The van der Waals surface area contributed by atoms with Crippen molar-refractivity contribution in [1.29, 1.82) is 0 Å². The van der Waals surface area contributed by atoms with E-state index < -0.39 is 22.4 Å². The average Bonchev–Trinajstić information content (AvgIpc) is 2.38. The van der Waals surface area contributed by atoms with Gasteiger partial charge in [0.15, 0.2) is 0 Å². The Morgan fingerprint density at radius 3 is 2.40 bits per heavy atom. The molecule has 0 saturated heterocycles. The molecule has 0 fully saturated rings. The van der Waals surface area contributed by atoms with Crippen LogP contribution in [-0.2, 0) is 16.6 Å². The van der Waals surface area contributed by atoms with Crippen LogP contribution in [0.4, 0.5) is 4.39 Å². The topological polar surface area (TPSA) is 57.6 Å². The molecular weight excluding hydrogens is 281 g/mol. The molecular formula is C14H22FNO3S. The second-order valence-electron chi connectivity index (χ2n) is 5.21. The van der Waals surface area contributed by atoms with Crippen molar-refractivity contribution in [3.63, 3.8) is 0 Å². The van der Waals surface area contributed by atoms with E-state index in [1.165, 1.54) is 17.3 Å². The summed E-state index contributed by atoms with van der Waals surface area (Å²) in [5, 5.41) is 9.11. The van der Waals surface area contributed by atoms with E-state index in [0.29, 0.717) is 13.1 Å². The zero-order valence-corrected chi connectivity index (χ0v) is 13.2. The van der Waals surface area contributed by atoms with E-state index in [1.807, 2.05) is 13.8 Å². The first-order valence-corrected chi connectivity index (χ1v) is 8.08. The molecule has 0 atom stereocenters. The van der Waals surface area contributed by atoms with Crippen LogP contribution in [0.25, 0.3) is 0 Å². The number of aliphatic hydroxyl groups is 1. The maximum absolute atomic E-state index is 13.8. The van der Waals surface area contributed by atoms with E-state index >= 15 is 0 Å². The van der Waals surface area contributed by atoms with Gasteiger partial charge in [-0.2, -0.15) is 4.31 Å². The Kier molecular flexibility index (Phi) is 5.68. The van der Waals surface area contributed by atoms with Gasteiger partial charge in [-0.25, -0.2) is 12.8 Å². The lowest BCUT2D eigenvalue weighted by atomic mass is 10.1. The fourth-order valence-electron chi connectivity index (χ4n) is 2.01. The molecule has 114 valence electrons. The van der Waals surface area contributed by atoms with Gasteiger partial charge in [0, 0.05) is 18.7 Å². The Morgan fingerprint density at radius 2 is 1.95 bits per heavy atom. The van der Waals surface area contributed by atoms with E-state index in [2.05, 4.69) is 0 Å². The first-order chi connectivity index (χ1) is 9.23. The summed E-state index contributed by atoms with van der Waals surface area (Å²) >= 11 is 0. The van der Waals surface area contributed by atoms with Crippen LogP contribution in [0.3, 0.4) is 0 Å². The van der Waals surface area contributed by atoms with Gasteiger partial charge >= 0.3 is 0 Å². The molecule has 1 rings (SSSR count). The number of hydrogen-bond donors (Lipinski definition) is 1. The molecule has 1 N–H and O–H groups in total. The zero-order chi connectivity index (χ0) is 15.5. The van der Waals surface area contributed by atoms with Crippen molar-refractivity contribution >= 4 is 10.0 Å². The number of nitrogens with zero attached hydrogens (tertiary/aromatic N) is 1. The molecule has 6 heteroatoms. The van der Waals surface area contributed by atoms with Gasteiger partial charge in [-0.3, -0.25) is 0 Å². The summed E-state index contributed by atoms with van der Waals surface area (Å²) in [6.45, 7) is 7.35. The Balaban J connectivity index is 3.37. The van der Waals surface area contributed by atoms with Gasteiger partial charge < -0.3 is 5.11 Å². The van der Waals surface area contributed by atoms with Crippen LogP contribution in [0.1, 0.15) is 31.9 Å². The minimum atomic E-state index is -3.75. The molecule has 1 aromatic rings. The van der Waals surface area contributed by atoms with E-state index in [1.54, 1.807) is 6.92 Å². The highest BCUT2D eigenvalue weighted by atomic mass is 32.2. The largest absolute Gasteiger partial charge is 0.392 e. The first kappa shape index (κ1) is 17.1. The molecule has 0 unspecified atom stereocenters. The van der Waals surface area contributed by atoms with Crippen LogP contribution in [0.5, 0.6) is 0 Å². The highest BCUT2D eigenvalue weighted by Crippen LogP contribution is 2.24. The van der Waals surface area contributed by atoms with Crippen LogP contribution in [0, 0.1) is 18.7 Å². The number of benzene rings is 1. The summed E-state index contributed by atoms with van der Waals surface area (Å²) in [6, 6.07) is 2.50. The molecule has 0 spiro atoms. The first-order valence-electron chi connectivity index (χ1n) is 6.64. The fraction of sp³-hybridized carbons (Fsp3) is 0.571. The van der Waals surface area contributed by atoms with Crippen molar-refractivity contribution in [1.82, 2.24) is 4.31 Å². The molecule has 0 amide bonds. The van der Waals surface area contributed by atoms with Gasteiger partial charge in [0.25, 0.3) is 0 Å². The SMILES string of the molecule is CCN(CC(C)C)S(=O)(=O)c1cc(CO)cc(F)c1C. The predicted octanol–water partition coefficient (Wildman–Crippen LogP) is 2.29. The fourth-order valence-corrected chi connectivity index (χ4v) is 3.91. The highest BCUT2D eigenvalue weighted by molar-refractivity contribution is 7.89. The molecule has 1 aromatic carbocycles.